The number of para-hydroxylation sites is 1. The van der Waals surface area contributed by atoms with Crippen LogP contribution in [0.2, 0.25) is 0 Å². The Morgan fingerprint density at radius 2 is 1.93 bits per heavy atom. The van der Waals surface area contributed by atoms with Gasteiger partial charge in [0.15, 0.2) is 6.10 Å². The number of carbonyl (C=O) groups is 2. The van der Waals surface area contributed by atoms with Crippen molar-refractivity contribution in [2.75, 3.05) is 10.6 Å². The molecule has 3 rings (SSSR count). The van der Waals surface area contributed by atoms with E-state index in [1.165, 1.54) is 25.1 Å². The molecule has 0 aliphatic carbocycles. The van der Waals surface area contributed by atoms with Gasteiger partial charge in [0, 0.05) is 11.4 Å². The smallest absolute Gasteiger partial charge is 0.341 e. The third-order valence-corrected chi connectivity index (χ3v) is 3.93. The van der Waals surface area contributed by atoms with E-state index in [0.717, 1.165) is 0 Å². The molecule has 1 unspecified atom stereocenters. The molecule has 7 heteroatoms. The van der Waals surface area contributed by atoms with Crippen LogP contribution < -0.4 is 10.6 Å². The molecule has 3 aromatic rings. The normalized spacial score (nSPS) is 11.5. The van der Waals surface area contributed by atoms with Gasteiger partial charge in [-0.2, -0.15) is 0 Å². The van der Waals surface area contributed by atoms with Crippen LogP contribution in [-0.4, -0.2) is 18.0 Å². The molecule has 28 heavy (non-hydrogen) atoms. The van der Waals surface area contributed by atoms with Gasteiger partial charge >= 0.3 is 5.97 Å². The molecule has 1 atom stereocenters. The highest BCUT2D eigenvalue weighted by Gasteiger charge is 2.21. The van der Waals surface area contributed by atoms with Crippen LogP contribution >= 0.6 is 0 Å². The molecule has 0 aliphatic rings. The van der Waals surface area contributed by atoms with Gasteiger partial charge in [0.05, 0.1) is 18.4 Å². The van der Waals surface area contributed by atoms with Crippen LogP contribution in [0, 0.1) is 5.82 Å². The molecule has 0 aliphatic heterocycles. The Morgan fingerprint density at radius 1 is 1.11 bits per heavy atom. The summed E-state index contributed by atoms with van der Waals surface area (Å²) in [6, 6.07) is 15.9. The second-order valence-electron chi connectivity index (χ2n) is 6.03. The van der Waals surface area contributed by atoms with E-state index in [4.69, 9.17) is 9.15 Å². The summed E-state index contributed by atoms with van der Waals surface area (Å²) in [7, 11) is 0. The number of esters is 1. The number of anilines is 2. The molecule has 1 amide bonds. The average molecular weight is 382 g/mol. The summed E-state index contributed by atoms with van der Waals surface area (Å²) in [5, 5.41) is 5.62. The lowest BCUT2D eigenvalue weighted by molar-refractivity contribution is -0.123. The third-order valence-electron chi connectivity index (χ3n) is 3.93. The maximum absolute atomic E-state index is 13.2. The molecule has 0 fully saturated rings. The van der Waals surface area contributed by atoms with Crippen LogP contribution in [0.1, 0.15) is 23.0 Å². The van der Waals surface area contributed by atoms with Gasteiger partial charge < -0.3 is 19.8 Å². The predicted octanol–water partition coefficient (Wildman–Crippen LogP) is 4.21. The molecular weight excluding hydrogens is 363 g/mol. The number of hydrogen-bond acceptors (Lipinski definition) is 5. The molecule has 0 spiro atoms. The van der Waals surface area contributed by atoms with Crippen molar-refractivity contribution in [3.63, 3.8) is 0 Å². The number of carbonyl (C=O) groups excluding carboxylic acids is 2. The minimum absolute atomic E-state index is 0.286. The van der Waals surface area contributed by atoms with Crippen LogP contribution in [0.25, 0.3) is 0 Å². The summed E-state index contributed by atoms with van der Waals surface area (Å²) >= 11 is 0. The Balaban J connectivity index is 1.62. The van der Waals surface area contributed by atoms with E-state index in [9.17, 15) is 14.0 Å². The van der Waals surface area contributed by atoms with Gasteiger partial charge in [-0.25, -0.2) is 9.18 Å². The lowest BCUT2D eigenvalue weighted by Gasteiger charge is -2.15. The van der Waals surface area contributed by atoms with Gasteiger partial charge in [0.1, 0.15) is 11.6 Å². The van der Waals surface area contributed by atoms with Gasteiger partial charge in [-0.3, -0.25) is 4.79 Å². The first-order chi connectivity index (χ1) is 13.5. The second kappa shape index (κ2) is 8.85. The van der Waals surface area contributed by atoms with E-state index in [-0.39, 0.29) is 5.69 Å². The zero-order valence-corrected chi connectivity index (χ0v) is 15.1. The van der Waals surface area contributed by atoms with E-state index < -0.39 is 23.8 Å². The maximum atomic E-state index is 13.2. The Labute approximate surface area is 161 Å². The maximum Gasteiger partial charge on any atom is 0.341 e. The molecule has 144 valence electrons. The largest absolute Gasteiger partial charge is 0.467 e. The standard InChI is InChI=1S/C21H19FN2O4/c1-14(20(25)24-16-7-4-6-15(22)12-16)28-21(26)18-9-2-3-10-19(18)23-13-17-8-5-11-27-17/h2-12,14,23H,13H2,1H3,(H,24,25). The van der Waals surface area contributed by atoms with Crippen molar-refractivity contribution in [2.24, 2.45) is 0 Å². The van der Waals surface area contributed by atoms with Gasteiger partial charge in [0.2, 0.25) is 0 Å². The van der Waals surface area contributed by atoms with Gasteiger partial charge in [-0.1, -0.05) is 18.2 Å². The Hall–Kier alpha value is -3.61. The number of furan rings is 1. The molecular formula is C21H19FN2O4. The zero-order chi connectivity index (χ0) is 19.9. The second-order valence-corrected chi connectivity index (χ2v) is 6.03. The fourth-order valence-electron chi connectivity index (χ4n) is 2.50. The summed E-state index contributed by atoms with van der Waals surface area (Å²) in [5.74, 6) is -0.963. The number of halogens is 1. The molecule has 1 aromatic heterocycles. The number of nitrogens with one attached hydrogen (secondary N) is 2. The van der Waals surface area contributed by atoms with Crippen molar-refractivity contribution < 1.29 is 23.1 Å². The van der Waals surface area contributed by atoms with Crippen LogP contribution in [-0.2, 0) is 16.1 Å². The Bertz CT molecular complexity index is 957. The fraction of sp³-hybridized carbons (Fsp3) is 0.143. The van der Waals surface area contributed by atoms with Crippen molar-refractivity contribution in [3.05, 3.63) is 84.1 Å². The fourth-order valence-corrected chi connectivity index (χ4v) is 2.50. The minimum Gasteiger partial charge on any atom is -0.467 e. The van der Waals surface area contributed by atoms with E-state index >= 15 is 0 Å². The van der Waals surface area contributed by atoms with E-state index in [0.29, 0.717) is 23.6 Å². The number of hydrogen-bond donors (Lipinski definition) is 2. The average Bonchev–Trinajstić information content (AvgIpc) is 3.20. The molecule has 0 radical (unpaired) electrons. The predicted molar refractivity (Wildman–Crippen MR) is 102 cm³/mol. The first kappa shape index (κ1) is 19.2. The van der Waals surface area contributed by atoms with Crippen LogP contribution in [0.4, 0.5) is 15.8 Å². The molecule has 0 saturated carbocycles. The van der Waals surface area contributed by atoms with Crippen molar-refractivity contribution >= 4 is 23.3 Å². The molecule has 0 bridgehead atoms. The Morgan fingerprint density at radius 3 is 2.68 bits per heavy atom. The zero-order valence-electron chi connectivity index (χ0n) is 15.1. The number of ether oxygens (including phenoxy) is 1. The van der Waals surface area contributed by atoms with Gasteiger partial charge in [-0.05, 0) is 49.4 Å². The van der Waals surface area contributed by atoms with Crippen LogP contribution in [0.5, 0.6) is 0 Å². The first-order valence-electron chi connectivity index (χ1n) is 8.65. The molecule has 6 nitrogen and oxygen atoms in total. The highest BCUT2D eigenvalue weighted by atomic mass is 19.1. The summed E-state index contributed by atoms with van der Waals surface area (Å²) < 4.78 is 23.7. The van der Waals surface area contributed by atoms with E-state index in [1.807, 2.05) is 6.07 Å². The quantitative estimate of drug-likeness (QED) is 0.598. The Kier molecular flexibility index (Phi) is 6.06. The van der Waals surface area contributed by atoms with Crippen LogP contribution in [0.3, 0.4) is 0 Å². The summed E-state index contributed by atoms with van der Waals surface area (Å²) in [6.07, 6.45) is 0.504. The van der Waals surface area contributed by atoms with E-state index in [1.54, 1.807) is 42.7 Å². The minimum atomic E-state index is -1.06. The molecule has 1 heterocycles. The van der Waals surface area contributed by atoms with Crippen molar-refractivity contribution in [3.8, 4) is 0 Å². The lowest BCUT2D eigenvalue weighted by Crippen LogP contribution is -2.30. The van der Waals surface area contributed by atoms with Crippen LogP contribution in [0.15, 0.2) is 71.3 Å². The third kappa shape index (κ3) is 4.97. The van der Waals surface area contributed by atoms with E-state index in [2.05, 4.69) is 10.6 Å². The first-order valence-corrected chi connectivity index (χ1v) is 8.65. The van der Waals surface area contributed by atoms with Crippen molar-refractivity contribution in [1.29, 1.82) is 0 Å². The monoisotopic (exact) mass is 382 g/mol. The summed E-state index contributed by atoms with van der Waals surface area (Å²) in [4.78, 5) is 24.7. The summed E-state index contributed by atoms with van der Waals surface area (Å²) in [5.41, 5.74) is 1.13. The topological polar surface area (TPSA) is 80.6 Å². The lowest BCUT2D eigenvalue weighted by atomic mass is 10.1. The molecule has 2 N–H and O–H groups in total. The molecule has 0 saturated heterocycles. The van der Waals surface area contributed by atoms with Gasteiger partial charge in [0.25, 0.3) is 5.91 Å². The summed E-state index contributed by atoms with van der Waals surface area (Å²) in [6.45, 7) is 1.85. The SMILES string of the molecule is CC(OC(=O)c1ccccc1NCc1ccco1)C(=O)Nc1cccc(F)c1. The number of rotatable bonds is 7. The molecule has 2 aromatic carbocycles. The van der Waals surface area contributed by atoms with Gasteiger partial charge in [-0.15, -0.1) is 0 Å². The van der Waals surface area contributed by atoms with Crippen molar-refractivity contribution in [2.45, 2.75) is 19.6 Å². The number of amides is 1. The highest BCUT2D eigenvalue weighted by Crippen LogP contribution is 2.19. The number of benzene rings is 2. The van der Waals surface area contributed by atoms with Crippen molar-refractivity contribution in [1.82, 2.24) is 0 Å². The highest BCUT2D eigenvalue weighted by molar-refractivity contribution is 5.99.